The molecule has 0 aliphatic carbocycles. The minimum Gasteiger partial charge on any atom is -0.470 e. The zero-order chi connectivity index (χ0) is 20.1. The third-order valence-electron chi connectivity index (χ3n) is 4.24. The maximum atomic E-state index is 13.1. The lowest BCUT2D eigenvalue weighted by Crippen LogP contribution is -2.48. The number of hydrogen-bond acceptors (Lipinski definition) is 8. The van der Waals surface area contributed by atoms with Gasteiger partial charge in [0.15, 0.2) is 5.82 Å². The second-order valence-corrected chi connectivity index (χ2v) is 6.27. The summed E-state index contributed by atoms with van der Waals surface area (Å²) >= 11 is 0. The maximum absolute atomic E-state index is 13.1. The second kappa shape index (κ2) is 8.53. The fourth-order valence-corrected chi connectivity index (χ4v) is 2.70. The largest absolute Gasteiger partial charge is 0.470 e. The molecule has 1 amide bonds. The summed E-state index contributed by atoms with van der Waals surface area (Å²) in [5.74, 6) is 6.35. The molecule has 1 fully saturated rings. The molecule has 1 aromatic carbocycles. The highest BCUT2D eigenvalue weighted by molar-refractivity contribution is 5.82. The molecule has 0 spiro atoms. The summed E-state index contributed by atoms with van der Waals surface area (Å²) in [7, 11) is 1.63. The molecule has 9 nitrogen and oxygen atoms in total. The lowest BCUT2D eigenvalue weighted by molar-refractivity contribution is -0.120. The standard InChI is InChI=1S/C18H22FN7O2/c1-25(21)14(18(20)12-2-4-13(19)5-3-12)11-28-17-7-6-15(23-24-17)26-9-8-22-16(27)10-26/h2-7H,8-11,20-21H2,1H3,(H,22,27)/b18-14-. The van der Waals surface area contributed by atoms with E-state index in [1.165, 1.54) is 17.1 Å². The van der Waals surface area contributed by atoms with Crippen molar-refractivity contribution in [2.75, 3.05) is 38.2 Å². The lowest BCUT2D eigenvalue weighted by Gasteiger charge is -2.27. The van der Waals surface area contributed by atoms with Crippen LogP contribution in [0.25, 0.3) is 5.70 Å². The van der Waals surface area contributed by atoms with Gasteiger partial charge in [0.25, 0.3) is 0 Å². The molecule has 1 aliphatic heterocycles. The van der Waals surface area contributed by atoms with Crippen molar-refractivity contribution >= 4 is 17.4 Å². The fraction of sp³-hybridized carbons (Fsp3) is 0.278. The number of nitrogens with one attached hydrogen (secondary N) is 1. The third-order valence-corrected chi connectivity index (χ3v) is 4.24. The molecule has 0 bridgehead atoms. The molecule has 3 rings (SSSR count). The van der Waals surface area contributed by atoms with E-state index in [-0.39, 0.29) is 30.8 Å². The first-order valence-corrected chi connectivity index (χ1v) is 8.65. The Morgan fingerprint density at radius 3 is 2.64 bits per heavy atom. The van der Waals surface area contributed by atoms with Crippen molar-refractivity contribution in [3.05, 3.63) is 53.5 Å². The van der Waals surface area contributed by atoms with Crippen LogP contribution >= 0.6 is 0 Å². The highest BCUT2D eigenvalue weighted by Crippen LogP contribution is 2.18. The van der Waals surface area contributed by atoms with E-state index in [1.54, 1.807) is 31.3 Å². The predicted molar refractivity (Wildman–Crippen MR) is 102 cm³/mol. The molecule has 2 aromatic rings. The quantitative estimate of drug-likeness (QED) is 0.470. The average molecular weight is 387 g/mol. The normalized spacial score (nSPS) is 15.0. The molecule has 0 unspecified atom stereocenters. The van der Waals surface area contributed by atoms with Gasteiger partial charge in [-0.15, -0.1) is 10.2 Å². The number of piperazine rings is 1. The Balaban J connectivity index is 1.69. The van der Waals surface area contributed by atoms with E-state index in [0.717, 1.165) is 0 Å². The van der Waals surface area contributed by atoms with Crippen LogP contribution in [0.2, 0.25) is 0 Å². The molecule has 2 heterocycles. The van der Waals surface area contributed by atoms with E-state index in [0.29, 0.717) is 35.9 Å². The number of hydrogen-bond donors (Lipinski definition) is 3. The molecule has 10 heteroatoms. The third kappa shape index (κ3) is 4.65. The first-order valence-electron chi connectivity index (χ1n) is 8.65. The molecule has 5 N–H and O–H groups in total. The van der Waals surface area contributed by atoms with Crippen molar-refractivity contribution in [3.63, 3.8) is 0 Å². The van der Waals surface area contributed by atoms with Crippen LogP contribution in [0.1, 0.15) is 5.56 Å². The summed E-state index contributed by atoms with van der Waals surface area (Å²) in [4.78, 5) is 13.3. The van der Waals surface area contributed by atoms with E-state index < -0.39 is 0 Å². The van der Waals surface area contributed by atoms with Crippen molar-refractivity contribution in [3.8, 4) is 5.88 Å². The van der Waals surface area contributed by atoms with Crippen molar-refractivity contribution in [2.24, 2.45) is 11.6 Å². The summed E-state index contributed by atoms with van der Waals surface area (Å²) in [5, 5.41) is 12.2. The summed E-state index contributed by atoms with van der Waals surface area (Å²) in [6.07, 6.45) is 0. The first kappa shape index (κ1) is 19.4. The lowest BCUT2D eigenvalue weighted by atomic mass is 10.1. The molecule has 1 saturated heterocycles. The number of carbonyl (C=O) groups excluding carboxylic acids is 1. The van der Waals surface area contributed by atoms with Crippen LogP contribution in [-0.4, -0.2) is 54.4 Å². The van der Waals surface area contributed by atoms with E-state index in [2.05, 4.69) is 15.5 Å². The Labute approximate surface area is 161 Å². The Morgan fingerprint density at radius 1 is 1.29 bits per heavy atom. The van der Waals surface area contributed by atoms with Gasteiger partial charge in [0, 0.05) is 26.2 Å². The SMILES string of the molecule is CN(N)/C(COc1ccc(N2CCNC(=O)C2)nn1)=C(\N)c1ccc(F)cc1. The molecule has 148 valence electrons. The van der Waals surface area contributed by atoms with Crippen LogP contribution in [0.3, 0.4) is 0 Å². The van der Waals surface area contributed by atoms with E-state index in [9.17, 15) is 9.18 Å². The summed E-state index contributed by atoms with van der Waals surface area (Å²) in [5.41, 5.74) is 7.67. The Hall–Kier alpha value is -3.40. The van der Waals surface area contributed by atoms with Gasteiger partial charge in [-0.1, -0.05) is 0 Å². The van der Waals surface area contributed by atoms with Gasteiger partial charge in [0.05, 0.1) is 17.9 Å². The zero-order valence-electron chi connectivity index (χ0n) is 15.4. The van der Waals surface area contributed by atoms with Gasteiger partial charge < -0.3 is 25.7 Å². The number of anilines is 1. The van der Waals surface area contributed by atoms with Gasteiger partial charge in [-0.25, -0.2) is 10.2 Å². The van der Waals surface area contributed by atoms with Crippen molar-refractivity contribution in [2.45, 2.75) is 0 Å². The van der Waals surface area contributed by atoms with Crippen molar-refractivity contribution < 1.29 is 13.9 Å². The number of nitrogens with zero attached hydrogens (tertiary/aromatic N) is 4. The number of aromatic nitrogens is 2. The highest BCUT2D eigenvalue weighted by atomic mass is 19.1. The fourth-order valence-electron chi connectivity index (χ4n) is 2.70. The monoisotopic (exact) mass is 387 g/mol. The van der Waals surface area contributed by atoms with Crippen LogP contribution in [0.15, 0.2) is 42.1 Å². The van der Waals surface area contributed by atoms with Crippen LogP contribution in [0.4, 0.5) is 10.2 Å². The molecule has 1 aliphatic rings. The molecule has 1 aromatic heterocycles. The maximum Gasteiger partial charge on any atom is 0.239 e. The number of nitrogens with two attached hydrogens (primary N) is 2. The minimum absolute atomic E-state index is 0.0505. The van der Waals surface area contributed by atoms with Gasteiger partial charge in [0.1, 0.15) is 12.4 Å². The number of carbonyl (C=O) groups is 1. The number of halogens is 1. The number of rotatable bonds is 6. The number of hydrazine groups is 1. The minimum atomic E-state index is -0.350. The summed E-state index contributed by atoms with van der Waals surface area (Å²) in [6, 6.07) is 9.18. The van der Waals surface area contributed by atoms with Gasteiger partial charge in [-0.05, 0) is 35.9 Å². The van der Waals surface area contributed by atoms with Gasteiger partial charge >= 0.3 is 0 Å². The predicted octanol–water partition coefficient (Wildman–Crippen LogP) is 0.0637. The molecule has 0 radical (unpaired) electrons. The number of likely N-dealkylation sites (N-methyl/N-ethyl adjacent to an activating group) is 1. The Bertz CT molecular complexity index is 853. The number of ether oxygens (including phenoxy) is 1. The van der Waals surface area contributed by atoms with Crippen LogP contribution in [0.5, 0.6) is 5.88 Å². The molecule has 0 saturated carbocycles. The zero-order valence-corrected chi connectivity index (χ0v) is 15.4. The van der Waals surface area contributed by atoms with Crippen molar-refractivity contribution in [1.29, 1.82) is 0 Å². The number of benzene rings is 1. The molecular weight excluding hydrogens is 365 g/mol. The van der Waals surface area contributed by atoms with Crippen molar-refractivity contribution in [1.82, 2.24) is 20.5 Å². The number of amides is 1. The van der Waals surface area contributed by atoms with Gasteiger partial charge in [0.2, 0.25) is 11.8 Å². The van der Waals surface area contributed by atoms with E-state index in [1.807, 2.05) is 4.90 Å². The van der Waals surface area contributed by atoms with Crippen LogP contribution in [-0.2, 0) is 4.79 Å². The van der Waals surface area contributed by atoms with Crippen LogP contribution in [0, 0.1) is 5.82 Å². The topological polar surface area (TPSA) is 123 Å². The average Bonchev–Trinajstić information content (AvgIpc) is 2.69. The van der Waals surface area contributed by atoms with Gasteiger partial charge in [-0.2, -0.15) is 0 Å². The summed E-state index contributed by atoms with van der Waals surface area (Å²) < 4.78 is 18.8. The molecule has 0 atom stereocenters. The van der Waals surface area contributed by atoms with E-state index in [4.69, 9.17) is 16.3 Å². The van der Waals surface area contributed by atoms with Crippen LogP contribution < -0.4 is 26.5 Å². The Morgan fingerprint density at radius 2 is 2.04 bits per heavy atom. The first-order chi connectivity index (χ1) is 13.4. The van der Waals surface area contributed by atoms with E-state index >= 15 is 0 Å². The Kier molecular flexibility index (Phi) is 5.90. The molecular formula is C18H22FN7O2. The summed E-state index contributed by atoms with van der Waals surface area (Å²) in [6.45, 7) is 1.53. The second-order valence-electron chi connectivity index (χ2n) is 6.27. The van der Waals surface area contributed by atoms with Gasteiger partial charge in [-0.3, -0.25) is 4.79 Å². The smallest absolute Gasteiger partial charge is 0.239 e. The molecule has 28 heavy (non-hydrogen) atoms. The highest BCUT2D eigenvalue weighted by Gasteiger charge is 2.18.